The molecule has 5 rings (SSSR count). The van der Waals surface area contributed by atoms with Crippen LogP contribution in [-0.4, -0.2) is 89.2 Å². The van der Waals surface area contributed by atoms with Crippen molar-refractivity contribution in [3.05, 3.63) is 36.5 Å². The van der Waals surface area contributed by atoms with Crippen molar-refractivity contribution in [1.82, 2.24) is 35.2 Å². The van der Waals surface area contributed by atoms with Crippen molar-refractivity contribution in [2.45, 2.75) is 26.4 Å². The van der Waals surface area contributed by atoms with Crippen LogP contribution >= 0.6 is 0 Å². The molecule has 0 radical (unpaired) electrons. The first-order chi connectivity index (χ1) is 17.7. The number of pyridine rings is 1. The van der Waals surface area contributed by atoms with Crippen molar-refractivity contribution in [3.8, 4) is 28.5 Å². The highest BCUT2D eigenvalue weighted by Crippen LogP contribution is 2.35. The summed E-state index contributed by atoms with van der Waals surface area (Å²) >= 11 is 0. The molecule has 0 bridgehead atoms. The summed E-state index contributed by atoms with van der Waals surface area (Å²) in [6, 6.07) is 6.03. The molecule has 3 aromatic heterocycles. The highest BCUT2D eigenvalue weighted by Gasteiger charge is 2.22. The topological polar surface area (TPSA) is 142 Å². The molecule has 0 atom stereocenters. The molecule has 1 aliphatic heterocycles. The van der Waals surface area contributed by atoms with E-state index in [1.165, 1.54) is 7.11 Å². The number of rotatable bonds is 8. The van der Waals surface area contributed by atoms with Crippen molar-refractivity contribution in [2.75, 3.05) is 44.3 Å². The average molecular weight is 527 g/mol. The van der Waals surface area contributed by atoms with Crippen LogP contribution in [0.25, 0.3) is 33.5 Å². The van der Waals surface area contributed by atoms with Crippen LogP contribution in [0.5, 0.6) is 5.88 Å². The monoisotopic (exact) mass is 526 g/mol. The number of fused-ring (bicyclic) bond motifs is 1. The standard InChI is InChI=1S/C24H30N8O4S/c1-15(2)32-7-5-31(6-8-32)14-22-28-29-23(36-22)18-9-16(10-20-19(18)13-26-27-20)17-11-21(30-37(4,33)34)24(35-3)25-12-17/h9-13,15,30H,5-8,14H2,1-4H3,(H,26,27). The van der Waals surface area contributed by atoms with Crippen molar-refractivity contribution >= 4 is 26.6 Å². The molecule has 1 aliphatic rings. The van der Waals surface area contributed by atoms with Gasteiger partial charge in [0.05, 0.1) is 37.2 Å². The molecule has 1 saturated heterocycles. The fraction of sp³-hybridized carbons (Fsp3) is 0.417. The second-order valence-corrected chi connectivity index (χ2v) is 11.2. The fourth-order valence-electron chi connectivity index (χ4n) is 4.50. The number of nitrogens with one attached hydrogen (secondary N) is 2. The van der Waals surface area contributed by atoms with Gasteiger partial charge in [-0.3, -0.25) is 19.6 Å². The molecule has 2 N–H and O–H groups in total. The van der Waals surface area contributed by atoms with Crippen LogP contribution in [0, 0.1) is 0 Å². The fourth-order valence-corrected chi connectivity index (χ4v) is 5.04. The largest absolute Gasteiger partial charge is 0.480 e. The summed E-state index contributed by atoms with van der Waals surface area (Å²) < 4.78 is 37.5. The Bertz CT molecular complexity index is 1510. The minimum absolute atomic E-state index is 0.174. The molecule has 0 saturated carbocycles. The van der Waals surface area contributed by atoms with E-state index in [1.807, 2.05) is 12.1 Å². The number of H-pyrrole nitrogens is 1. The van der Waals surface area contributed by atoms with Crippen molar-refractivity contribution < 1.29 is 17.6 Å². The zero-order valence-corrected chi connectivity index (χ0v) is 22.0. The van der Waals surface area contributed by atoms with Gasteiger partial charge in [0.1, 0.15) is 5.69 Å². The second kappa shape index (κ2) is 10.1. The zero-order valence-electron chi connectivity index (χ0n) is 21.2. The Morgan fingerprint density at radius 2 is 1.89 bits per heavy atom. The first kappa shape index (κ1) is 25.1. The highest BCUT2D eigenvalue weighted by atomic mass is 32.2. The average Bonchev–Trinajstić information content (AvgIpc) is 3.52. The lowest BCUT2D eigenvalue weighted by atomic mass is 10.0. The smallest absolute Gasteiger partial charge is 0.248 e. The maximum absolute atomic E-state index is 11.8. The van der Waals surface area contributed by atoms with Gasteiger partial charge in [0, 0.05) is 49.4 Å². The number of sulfonamides is 1. The van der Waals surface area contributed by atoms with E-state index in [1.54, 1.807) is 18.5 Å². The van der Waals surface area contributed by atoms with Gasteiger partial charge in [-0.2, -0.15) is 5.10 Å². The predicted octanol–water partition coefficient (Wildman–Crippen LogP) is 2.58. The number of piperazine rings is 1. The summed E-state index contributed by atoms with van der Waals surface area (Å²) in [5.74, 6) is 1.12. The summed E-state index contributed by atoms with van der Waals surface area (Å²) in [4.78, 5) is 9.06. The molecule has 0 aliphatic carbocycles. The molecule has 0 amide bonds. The van der Waals surface area contributed by atoms with E-state index in [-0.39, 0.29) is 11.6 Å². The van der Waals surface area contributed by atoms with Gasteiger partial charge in [-0.25, -0.2) is 13.4 Å². The minimum atomic E-state index is -3.53. The van der Waals surface area contributed by atoms with E-state index in [0.29, 0.717) is 29.9 Å². The number of aromatic nitrogens is 5. The number of benzene rings is 1. The number of methoxy groups -OCH3 is 1. The van der Waals surface area contributed by atoms with Gasteiger partial charge in [-0.15, -0.1) is 10.2 Å². The number of anilines is 1. The molecule has 4 heterocycles. The molecule has 12 nitrogen and oxygen atoms in total. The molecule has 13 heteroatoms. The van der Waals surface area contributed by atoms with Crippen molar-refractivity contribution in [3.63, 3.8) is 0 Å². The third-order valence-electron chi connectivity index (χ3n) is 6.43. The lowest BCUT2D eigenvalue weighted by molar-refractivity contribution is 0.0979. The maximum atomic E-state index is 11.8. The normalized spacial score (nSPS) is 15.5. The summed E-state index contributed by atoms with van der Waals surface area (Å²) in [7, 11) is -2.10. The van der Waals surface area contributed by atoms with Crippen LogP contribution < -0.4 is 9.46 Å². The van der Waals surface area contributed by atoms with E-state index in [4.69, 9.17) is 9.15 Å². The van der Waals surface area contributed by atoms with Crippen LogP contribution in [0.15, 0.2) is 35.0 Å². The Hall–Kier alpha value is -3.55. The zero-order chi connectivity index (χ0) is 26.2. The van der Waals surface area contributed by atoms with E-state index in [0.717, 1.165) is 54.5 Å². The van der Waals surface area contributed by atoms with Crippen LogP contribution in [-0.2, 0) is 16.6 Å². The summed E-state index contributed by atoms with van der Waals surface area (Å²) in [6.07, 6.45) is 4.40. The number of aromatic amines is 1. The van der Waals surface area contributed by atoms with Gasteiger partial charge in [-0.05, 0) is 37.6 Å². The molecule has 1 aromatic carbocycles. The summed E-state index contributed by atoms with van der Waals surface area (Å²) in [5.41, 5.74) is 3.17. The van der Waals surface area contributed by atoms with E-state index in [9.17, 15) is 8.42 Å². The Kier molecular flexibility index (Phi) is 6.84. The number of ether oxygens (including phenoxy) is 1. The third kappa shape index (κ3) is 5.58. The lowest BCUT2D eigenvalue weighted by Crippen LogP contribution is -2.48. The van der Waals surface area contributed by atoms with Gasteiger partial charge in [0.15, 0.2) is 0 Å². The predicted molar refractivity (Wildman–Crippen MR) is 140 cm³/mol. The second-order valence-electron chi connectivity index (χ2n) is 9.42. The number of hydrogen-bond acceptors (Lipinski definition) is 10. The molecule has 37 heavy (non-hydrogen) atoms. The molecule has 4 aromatic rings. The van der Waals surface area contributed by atoms with E-state index < -0.39 is 10.0 Å². The number of nitrogens with zero attached hydrogens (tertiary/aromatic N) is 6. The molecule has 0 unspecified atom stereocenters. The first-order valence-corrected chi connectivity index (χ1v) is 13.9. The Morgan fingerprint density at radius 3 is 2.59 bits per heavy atom. The van der Waals surface area contributed by atoms with Gasteiger partial charge in [0.25, 0.3) is 0 Å². The summed E-state index contributed by atoms with van der Waals surface area (Å²) in [5, 5.41) is 16.6. The lowest BCUT2D eigenvalue weighted by Gasteiger charge is -2.36. The Morgan fingerprint density at radius 1 is 1.11 bits per heavy atom. The van der Waals surface area contributed by atoms with Gasteiger partial charge in [0.2, 0.25) is 27.7 Å². The molecular formula is C24H30N8O4S. The van der Waals surface area contributed by atoms with Crippen LogP contribution in [0.2, 0.25) is 0 Å². The van der Waals surface area contributed by atoms with E-state index in [2.05, 4.69) is 53.7 Å². The van der Waals surface area contributed by atoms with Crippen LogP contribution in [0.1, 0.15) is 19.7 Å². The van der Waals surface area contributed by atoms with Gasteiger partial charge >= 0.3 is 0 Å². The molecule has 0 spiro atoms. The minimum Gasteiger partial charge on any atom is -0.480 e. The van der Waals surface area contributed by atoms with Crippen LogP contribution in [0.4, 0.5) is 5.69 Å². The maximum Gasteiger partial charge on any atom is 0.248 e. The van der Waals surface area contributed by atoms with Gasteiger partial charge in [-0.1, -0.05) is 0 Å². The van der Waals surface area contributed by atoms with Crippen molar-refractivity contribution in [2.24, 2.45) is 0 Å². The summed E-state index contributed by atoms with van der Waals surface area (Å²) in [6.45, 7) is 8.96. The molecule has 196 valence electrons. The SMILES string of the molecule is COc1ncc(-c2cc(-c3nnc(CN4CCN(C(C)C)CC4)o3)c3cn[nH]c3c2)cc1NS(C)(=O)=O. The Balaban J connectivity index is 1.44. The third-order valence-corrected chi connectivity index (χ3v) is 7.02. The molecule has 1 fully saturated rings. The van der Waals surface area contributed by atoms with E-state index >= 15 is 0 Å². The highest BCUT2D eigenvalue weighted by molar-refractivity contribution is 7.92. The van der Waals surface area contributed by atoms with Crippen molar-refractivity contribution in [1.29, 1.82) is 0 Å². The quantitative estimate of drug-likeness (QED) is 0.352. The molecular weight excluding hydrogens is 496 g/mol. The van der Waals surface area contributed by atoms with Gasteiger partial charge < -0.3 is 9.15 Å². The number of hydrogen-bond donors (Lipinski definition) is 2. The van der Waals surface area contributed by atoms with Crippen LogP contribution in [0.3, 0.4) is 0 Å². The Labute approximate surface area is 215 Å². The first-order valence-electron chi connectivity index (χ1n) is 12.0.